The van der Waals surface area contributed by atoms with Crippen LogP contribution in [0.15, 0.2) is 0 Å². The molecule has 0 radical (unpaired) electrons. The third-order valence-electron chi connectivity index (χ3n) is 3.48. The molecular weight excluding hydrogens is 262 g/mol. The van der Waals surface area contributed by atoms with Crippen molar-refractivity contribution in [2.24, 2.45) is 7.05 Å². The summed E-state index contributed by atoms with van der Waals surface area (Å²) in [5.41, 5.74) is 7.61. The molecule has 102 valence electrons. The highest BCUT2D eigenvalue weighted by atomic mass is 32.1. The number of nitrogens with one attached hydrogen (secondary N) is 1. The van der Waals surface area contributed by atoms with Gasteiger partial charge in [-0.2, -0.15) is 5.10 Å². The Hall–Kier alpha value is -1.60. The molecule has 1 saturated heterocycles. The lowest BCUT2D eigenvalue weighted by molar-refractivity contribution is 0.0741. The van der Waals surface area contributed by atoms with Gasteiger partial charge in [-0.25, -0.2) is 0 Å². The van der Waals surface area contributed by atoms with Gasteiger partial charge in [0.05, 0.1) is 16.8 Å². The quantitative estimate of drug-likeness (QED) is 0.800. The minimum absolute atomic E-state index is 0.0413. The average molecular weight is 279 g/mol. The molecule has 1 aliphatic rings. The number of nitrogens with two attached hydrogens (primary N) is 1. The van der Waals surface area contributed by atoms with Crippen LogP contribution in [0.1, 0.15) is 15.4 Å². The van der Waals surface area contributed by atoms with Gasteiger partial charge in [-0.15, -0.1) is 11.3 Å². The Morgan fingerprint density at radius 2 is 2.11 bits per heavy atom. The zero-order chi connectivity index (χ0) is 13.6. The highest BCUT2D eigenvalue weighted by molar-refractivity contribution is 7.21. The minimum atomic E-state index is 0.0413. The van der Waals surface area contributed by atoms with Gasteiger partial charge in [0.15, 0.2) is 0 Å². The Bertz CT molecular complexity index is 638. The SMILES string of the molecule is Cc1nn(C)c2sc(C(=O)N3CCNCC3)c(N)c12. The number of carbonyl (C=O) groups excluding carboxylic acids is 1. The fraction of sp³-hybridized carbons (Fsp3) is 0.500. The number of carbonyl (C=O) groups is 1. The minimum Gasteiger partial charge on any atom is -0.397 e. The van der Waals surface area contributed by atoms with Crippen LogP contribution in [0, 0.1) is 6.92 Å². The second-order valence-electron chi connectivity index (χ2n) is 4.78. The lowest BCUT2D eigenvalue weighted by atomic mass is 10.2. The Labute approximate surface area is 115 Å². The van der Waals surface area contributed by atoms with Gasteiger partial charge in [-0.1, -0.05) is 0 Å². The first-order valence-corrected chi connectivity index (χ1v) is 7.13. The fourth-order valence-corrected chi connectivity index (χ4v) is 3.65. The summed E-state index contributed by atoms with van der Waals surface area (Å²) in [6.45, 7) is 5.09. The first-order valence-electron chi connectivity index (χ1n) is 6.31. The number of rotatable bonds is 1. The van der Waals surface area contributed by atoms with Crippen molar-refractivity contribution in [2.75, 3.05) is 31.9 Å². The van der Waals surface area contributed by atoms with Gasteiger partial charge in [-0.05, 0) is 6.92 Å². The lowest BCUT2D eigenvalue weighted by Crippen LogP contribution is -2.46. The van der Waals surface area contributed by atoms with Gasteiger partial charge in [-0.3, -0.25) is 9.48 Å². The molecule has 0 aromatic carbocycles. The molecule has 1 aliphatic heterocycles. The van der Waals surface area contributed by atoms with Crippen LogP contribution in [0.4, 0.5) is 5.69 Å². The molecular formula is C12H17N5OS. The maximum absolute atomic E-state index is 12.5. The number of aromatic nitrogens is 2. The van der Waals surface area contributed by atoms with Crippen LogP contribution in [-0.4, -0.2) is 46.8 Å². The van der Waals surface area contributed by atoms with Gasteiger partial charge >= 0.3 is 0 Å². The van der Waals surface area contributed by atoms with E-state index in [1.54, 1.807) is 4.68 Å². The predicted molar refractivity (Wildman–Crippen MR) is 76.5 cm³/mol. The summed E-state index contributed by atoms with van der Waals surface area (Å²) >= 11 is 1.44. The van der Waals surface area contributed by atoms with E-state index in [0.29, 0.717) is 10.6 Å². The number of piperazine rings is 1. The number of fused-ring (bicyclic) bond motifs is 1. The van der Waals surface area contributed by atoms with Crippen LogP contribution in [0.3, 0.4) is 0 Å². The molecule has 7 heteroatoms. The summed E-state index contributed by atoms with van der Waals surface area (Å²) in [6.07, 6.45) is 0. The molecule has 0 atom stereocenters. The largest absolute Gasteiger partial charge is 0.397 e. The zero-order valence-electron chi connectivity index (χ0n) is 11.1. The monoisotopic (exact) mass is 279 g/mol. The van der Waals surface area contributed by atoms with Crippen molar-refractivity contribution in [2.45, 2.75) is 6.92 Å². The van der Waals surface area contributed by atoms with E-state index in [1.807, 2.05) is 18.9 Å². The number of hydrogen-bond donors (Lipinski definition) is 2. The van der Waals surface area contributed by atoms with Gasteiger partial charge in [0.25, 0.3) is 5.91 Å². The molecule has 3 heterocycles. The maximum atomic E-state index is 12.5. The molecule has 0 aliphatic carbocycles. The number of aryl methyl sites for hydroxylation is 2. The smallest absolute Gasteiger partial charge is 0.266 e. The van der Waals surface area contributed by atoms with E-state index in [9.17, 15) is 4.79 Å². The second kappa shape index (κ2) is 4.50. The molecule has 0 spiro atoms. The molecule has 2 aromatic heterocycles. The number of thiophene rings is 1. The van der Waals surface area contributed by atoms with Crippen LogP contribution < -0.4 is 11.1 Å². The summed E-state index contributed by atoms with van der Waals surface area (Å²) in [7, 11) is 1.88. The zero-order valence-corrected chi connectivity index (χ0v) is 11.9. The molecule has 0 unspecified atom stereocenters. The summed E-state index contributed by atoms with van der Waals surface area (Å²) in [6, 6.07) is 0. The Morgan fingerprint density at radius 3 is 2.74 bits per heavy atom. The van der Waals surface area contributed by atoms with Crippen LogP contribution in [0.5, 0.6) is 0 Å². The first-order chi connectivity index (χ1) is 9.09. The van der Waals surface area contributed by atoms with Crippen molar-refractivity contribution >= 4 is 33.1 Å². The van der Waals surface area contributed by atoms with Gasteiger partial charge < -0.3 is 16.0 Å². The number of nitrogen functional groups attached to an aromatic ring is 1. The molecule has 1 amide bonds. The average Bonchev–Trinajstić information content (AvgIpc) is 2.89. The van der Waals surface area contributed by atoms with E-state index in [1.165, 1.54) is 11.3 Å². The van der Waals surface area contributed by atoms with Crippen LogP contribution in [-0.2, 0) is 7.05 Å². The third kappa shape index (κ3) is 1.89. The van der Waals surface area contributed by atoms with E-state index in [4.69, 9.17) is 5.73 Å². The summed E-state index contributed by atoms with van der Waals surface area (Å²) in [5, 5.41) is 8.50. The standard InChI is InChI=1S/C12H17N5OS/c1-7-8-9(13)10(19-12(8)16(2)15-7)11(18)17-5-3-14-4-6-17/h14H,3-6,13H2,1-2H3. The van der Waals surface area contributed by atoms with Gasteiger partial charge in [0, 0.05) is 33.2 Å². The summed E-state index contributed by atoms with van der Waals surface area (Å²) in [4.78, 5) is 16.0. The van der Waals surface area contributed by atoms with Crippen molar-refractivity contribution in [3.63, 3.8) is 0 Å². The first kappa shape index (κ1) is 12.4. The van der Waals surface area contributed by atoms with Crippen molar-refractivity contribution in [3.8, 4) is 0 Å². The van der Waals surface area contributed by atoms with E-state index < -0.39 is 0 Å². The maximum Gasteiger partial charge on any atom is 0.266 e. The Morgan fingerprint density at radius 1 is 1.42 bits per heavy atom. The second-order valence-corrected chi connectivity index (χ2v) is 5.78. The third-order valence-corrected chi connectivity index (χ3v) is 4.74. The van der Waals surface area contributed by atoms with Crippen molar-refractivity contribution in [3.05, 3.63) is 10.6 Å². The molecule has 0 bridgehead atoms. The van der Waals surface area contributed by atoms with Crippen molar-refractivity contribution in [1.82, 2.24) is 20.0 Å². The topological polar surface area (TPSA) is 76.2 Å². The highest BCUT2D eigenvalue weighted by Gasteiger charge is 2.25. The number of amides is 1. The molecule has 6 nitrogen and oxygen atoms in total. The Kier molecular flexibility index (Phi) is 2.94. The van der Waals surface area contributed by atoms with Crippen LogP contribution in [0.2, 0.25) is 0 Å². The fourth-order valence-electron chi connectivity index (χ4n) is 2.50. The number of hydrogen-bond acceptors (Lipinski definition) is 5. The van der Waals surface area contributed by atoms with Crippen LogP contribution in [0.25, 0.3) is 10.2 Å². The van der Waals surface area contributed by atoms with E-state index in [0.717, 1.165) is 42.1 Å². The molecule has 19 heavy (non-hydrogen) atoms. The van der Waals surface area contributed by atoms with E-state index >= 15 is 0 Å². The number of nitrogens with zero attached hydrogens (tertiary/aromatic N) is 3. The van der Waals surface area contributed by atoms with Crippen LogP contribution >= 0.6 is 11.3 Å². The van der Waals surface area contributed by atoms with Crippen molar-refractivity contribution in [1.29, 1.82) is 0 Å². The number of anilines is 1. The van der Waals surface area contributed by atoms with Gasteiger partial charge in [0.2, 0.25) is 0 Å². The molecule has 3 N–H and O–H groups in total. The van der Waals surface area contributed by atoms with Gasteiger partial charge in [0.1, 0.15) is 9.71 Å². The van der Waals surface area contributed by atoms with Crippen molar-refractivity contribution < 1.29 is 4.79 Å². The molecule has 0 saturated carbocycles. The van der Waals surface area contributed by atoms with E-state index in [2.05, 4.69) is 10.4 Å². The summed E-state index contributed by atoms with van der Waals surface area (Å²) < 4.78 is 1.79. The highest BCUT2D eigenvalue weighted by Crippen LogP contribution is 2.36. The lowest BCUT2D eigenvalue weighted by Gasteiger charge is -2.27. The normalized spacial score (nSPS) is 16.2. The molecule has 1 fully saturated rings. The summed E-state index contributed by atoms with van der Waals surface area (Å²) in [5.74, 6) is 0.0413. The predicted octanol–water partition coefficient (Wildman–Crippen LogP) is 0.571. The Balaban J connectivity index is 2.02. The van der Waals surface area contributed by atoms with E-state index in [-0.39, 0.29) is 5.91 Å². The molecule has 2 aromatic rings. The molecule has 3 rings (SSSR count).